The number of aryl methyl sites for hydroxylation is 1. The van der Waals surface area contributed by atoms with Crippen LogP contribution < -0.4 is 5.32 Å². The van der Waals surface area contributed by atoms with Gasteiger partial charge >= 0.3 is 6.03 Å². The van der Waals surface area contributed by atoms with Gasteiger partial charge in [0.25, 0.3) is 0 Å². The Morgan fingerprint density at radius 1 is 1.03 bits per heavy atom. The van der Waals surface area contributed by atoms with Gasteiger partial charge in [-0.25, -0.2) is 4.79 Å². The molecule has 5 rings (SSSR count). The molecule has 1 unspecified atom stereocenters. The molecule has 1 N–H and O–H groups in total. The first-order chi connectivity index (χ1) is 14.2. The number of hydrogen-bond donors (Lipinski definition) is 1. The summed E-state index contributed by atoms with van der Waals surface area (Å²) >= 11 is 0. The monoisotopic (exact) mass is 392 g/mol. The lowest BCUT2D eigenvalue weighted by molar-refractivity contribution is -0.145. The van der Waals surface area contributed by atoms with Gasteiger partial charge in [0.2, 0.25) is 0 Å². The largest absolute Gasteiger partial charge is 0.381 e. The second-order valence-electron chi connectivity index (χ2n) is 8.39. The van der Waals surface area contributed by atoms with Gasteiger partial charge in [0.15, 0.2) is 0 Å². The molecule has 0 bridgehead atoms. The van der Waals surface area contributed by atoms with Gasteiger partial charge in [-0.15, -0.1) is 0 Å². The Kier molecular flexibility index (Phi) is 5.02. The Bertz CT molecular complexity index is 871. The molecule has 29 heavy (non-hydrogen) atoms. The van der Waals surface area contributed by atoms with Crippen molar-refractivity contribution in [2.24, 2.45) is 0 Å². The number of amides is 2. The molecule has 5 nitrogen and oxygen atoms in total. The molecule has 2 fully saturated rings. The number of rotatable bonds is 2. The van der Waals surface area contributed by atoms with Crippen molar-refractivity contribution in [1.82, 2.24) is 10.2 Å². The first kappa shape index (κ1) is 18.6. The molecule has 2 saturated heterocycles. The first-order valence-corrected chi connectivity index (χ1v) is 10.7. The molecule has 0 radical (unpaired) electrons. The van der Waals surface area contributed by atoms with E-state index in [1.54, 1.807) is 0 Å². The normalized spacial score (nSPS) is 23.0. The van der Waals surface area contributed by atoms with Gasteiger partial charge in [0, 0.05) is 32.6 Å². The van der Waals surface area contributed by atoms with Crippen LogP contribution in [-0.2, 0) is 15.9 Å². The number of fused-ring (bicyclic) bond motifs is 1. The summed E-state index contributed by atoms with van der Waals surface area (Å²) < 4.78 is 11.6. The smallest absolute Gasteiger partial charge is 0.318 e. The van der Waals surface area contributed by atoms with Gasteiger partial charge in [0.1, 0.15) is 0 Å². The number of nitrogens with zero attached hydrogens (tertiary/aromatic N) is 1. The molecule has 152 valence electrons. The van der Waals surface area contributed by atoms with E-state index >= 15 is 0 Å². The van der Waals surface area contributed by atoms with Gasteiger partial charge in [-0.1, -0.05) is 42.5 Å². The van der Waals surface area contributed by atoms with Crippen LogP contribution in [0.4, 0.5) is 4.79 Å². The summed E-state index contributed by atoms with van der Waals surface area (Å²) in [7, 11) is 0. The number of ether oxygens (including phenoxy) is 2. The average Bonchev–Trinajstić information content (AvgIpc) is 3.17. The van der Waals surface area contributed by atoms with Gasteiger partial charge in [-0.3, -0.25) is 0 Å². The number of morpholine rings is 1. The second-order valence-corrected chi connectivity index (χ2v) is 8.39. The first-order valence-electron chi connectivity index (χ1n) is 10.7. The number of benzene rings is 2. The van der Waals surface area contributed by atoms with Crippen LogP contribution in [0.3, 0.4) is 0 Å². The van der Waals surface area contributed by atoms with Gasteiger partial charge in [0.05, 0.1) is 24.8 Å². The Morgan fingerprint density at radius 3 is 2.69 bits per heavy atom. The highest BCUT2D eigenvalue weighted by molar-refractivity contribution is 5.75. The highest BCUT2D eigenvalue weighted by Crippen LogP contribution is 2.35. The Hall–Kier alpha value is -2.37. The van der Waals surface area contributed by atoms with E-state index in [9.17, 15) is 4.79 Å². The summed E-state index contributed by atoms with van der Waals surface area (Å²) in [5.41, 5.74) is 4.80. The minimum Gasteiger partial charge on any atom is -0.381 e. The van der Waals surface area contributed by atoms with Crippen LogP contribution >= 0.6 is 0 Å². The van der Waals surface area contributed by atoms with Gasteiger partial charge < -0.3 is 19.7 Å². The standard InChI is InChI=1S/C24H28N2O3/c27-23(26-12-15-29-24(17-26)10-13-28-14-11-24)25-22-9-8-19-6-7-20(16-21(19)22)18-4-2-1-3-5-18/h1-7,16,22H,8-15,17H2,(H,25,27). The number of hydrogen-bond acceptors (Lipinski definition) is 3. The van der Waals surface area contributed by atoms with Gasteiger partial charge in [-0.2, -0.15) is 0 Å². The van der Waals surface area contributed by atoms with E-state index in [0.29, 0.717) is 32.9 Å². The van der Waals surface area contributed by atoms with E-state index in [-0.39, 0.29) is 17.7 Å². The van der Waals surface area contributed by atoms with Crippen molar-refractivity contribution in [3.63, 3.8) is 0 Å². The number of urea groups is 1. The molecule has 1 spiro atoms. The summed E-state index contributed by atoms with van der Waals surface area (Å²) in [4.78, 5) is 15.0. The van der Waals surface area contributed by atoms with E-state index in [1.165, 1.54) is 22.3 Å². The van der Waals surface area contributed by atoms with Crippen molar-refractivity contribution >= 4 is 6.03 Å². The van der Waals surface area contributed by atoms with Crippen LogP contribution in [0.1, 0.15) is 36.4 Å². The number of carbonyl (C=O) groups excluding carboxylic acids is 1. The van der Waals surface area contributed by atoms with E-state index in [0.717, 1.165) is 25.7 Å². The second kappa shape index (κ2) is 7.81. The highest BCUT2D eigenvalue weighted by Gasteiger charge is 2.40. The summed E-state index contributed by atoms with van der Waals surface area (Å²) in [5, 5.41) is 3.31. The minimum atomic E-state index is -0.220. The quantitative estimate of drug-likeness (QED) is 0.842. The predicted molar refractivity (Wildman–Crippen MR) is 112 cm³/mol. The number of carbonyl (C=O) groups is 1. The highest BCUT2D eigenvalue weighted by atomic mass is 16.5. The third kappa shape index (κ3) is 3.77. The Balaban J connectivity index is 1.30. The molecular weight excluding hydrogens is 364 g/mol. The van der Waals surface area contributed by atoms with Crippen molar-refractivity contribution in [2.45, 2.75) is 37.3 Å². The molecule has 2 aromatic rings. The molecule has 2 aliphatic heterocycles. The molecule has 2 heterocycles. The average molecular weight is 392 g/mol. The molecule has 0 aromatic heterocycles. The topological polar surface area (TPSA) is 50.8 Å². The molecule has 0 saturated carbocycles. The maximum Gasteiger partial charge on any atom is 0.318 e. The van der Waals surface area contributed by atoms with Crippen molar-refractivity contribution in [3.05, 3.63) is 59.7 Å². The predicted octanol–water partition coefficient (Wildman–Crippen LogP) is 3.93. The van der Waals surface area contributed by atoms with E-state index in [4.69, 9.17) is 9.47 Å². The van der Waals surface area contributed by atoms with Crippen LogP contribution in [0.2, 0.25) is 0 Å². The van der Waals surface area contributed by atoms with Crippen molar-refractivity contribution in [3.8, 4) is 11.1 Å². The fourth-order valence-corrected chi connectivity index (χ4v) is 4.87. The van der Waals surface area contributed by atoms with Crippen LogP contribution in [0.25, 0.3) is 11.1 Å². The van der Waals surface area contributed by atoms with Crippen LogP contribution in [0.5, 0.6) is 0 Å². The van der Waals surface area contributed by atoms with Crippen LogP contribution in [0.15, 0.2) is 48.5 Å². The van der Waals surface area contributed by atoms with Crippen molar-refractivity contribution < 1.29 is 14.3 Å². The lowest BCUT2D eigenvalue weighted by atomic mass is 9.92. The lowest BCUT2D eigenvalue weighted by Gasteiger charge is -2.44. The summed E-state index contributed by atoms with van der Waals surface area (Å²) in [6.07, 6.45) is 3.70. The molecule has 5 heteroatoms. The summed E-state index contributed by atoms with van der Waals surface area (Å²) in [6, 6.07) is 17.2. The molecule has 1 aliphatic carbocycles. The summed E-state index contributed by atoms with van der Waals surface area (Å²) in [6.45, 7) is 3.35. The minimum absolute atomic E-state index is 0.0298. The van der Waals surface area contributed by atoms with Crippen LogP contribution in [0, 0.1) is 0 Å². The summed E-state index contributed by atoms with van der Waals surface area (Å²) in [5.74, 6) is 0. The maximum atomic E-state index is 13.1. The van der Waals surface area contributed by atoms with E-state index in [1.807, 2.05) is 11.0 Å². The fourth-order valence-electron chi connectivity index (χ4n) is 4.87. The van der Waals surface area contributed by atoms with Crippen molar-refractivity contribution in [2.75, 3.05) is 32.9 Å². The molecule has 2 aromatic carbocycles. The van der Waals surface area contributed by atoms with Gasteiger partial charge in [-0.05, 0) is 41.2 Å². The zero-order valence-electron chi connectivity index (χ0n) is 16.7. The zero-order chi connectivity index (χ0) is 19.7. The Morgan fingerprint density at radius 2 is 1.86 bits per heavy atom. The Labute approximate surface area is 172 Å². The van der Waals surface area contributed by atoms with E-state index in [2.05, 4.69) is 47.8 Å². The third-order valence-electron chi connectivity index (χ3n) is 6.57. The SMILES string of the molecule is O=C(NC1CCc2ccc(-c3ccccc3)cc21)N1CCOC2(CCOCC2)C1. The maximum absolute atomic E-state index is 13.1. The third-order valence-corrected chi connectivity index (χ3v) is 6.57. The van der Waals surface area contributed by atoms with Crippen molar-refractivity contribution in [1.29, 1.82) is 0 Å². The molecular formula is C24H28N2O3. The number of nitrogens with one attached hydrogen (secondary N) is 1. The lowest BCUT2D eigenvalue weighted by Crippen LogP contribution is -2.57. The molecule has 3 aliphatic rings. The van der Waals surface area contributed by atoms with E-state index < -0.39 is 0 Å². The zero-order valence-corrected chi connectivity index (χ0v) is 16.7. The molecule has 2 amide bonds. The van der Waals surface area contributed by atoms with Crippen LogP contribution in [-0.4, -0.2) is 49.4 Å². The molecule has 1 atom stereocenters. The fraction of sp³-hybridized carbons (Fsp3) is 0.458.